The van der Waals surface area contributed by atoms with Gasteiger partial charge in [0.25, 0.3) is 5.22 Å². The number of anilines is 1. The number of amides is 1. The third kappa shape index (κ3) is 4.94. The molecule has 1 N–H and O–H groups in total. The van der Waals surface area contributed by atoms with Gasteiger partial charge in [-0.25, -0.2) is 8.42 Å². The zero-order chi connectivity index (χ0) is 19.6. The Kier molecular flexibility index (Phi) is 5.73. The molecule has 7 nitrogen and oxygen atoms in total. The van der Waals surface area contributed by atoms with Crippen molar-refractivity contribution in [1.29, 1.82) is 0 Å². The Balaban J connectivity index is 1.21. The lowest BCUT2D eigenvalue weighted by atomic mass is 10.1. The first-order valence-corrected chi connectivity index (χ1v) is 12.3. The summed E-state index contributed by atoms with van der Waals surface area (Å²) in [7, 11) is -2.90. The van der Waals surface area contributed by atoms with Crippen LogP contribution in [-0.4, -0.2) is 41.8 Å². The van der Waals surface area contributed by atoms with Crippen LogP contribution in [0, 0.1) is 5.92 Å². The van der Waals surface area contributed by atoms with Gasteiger partial charge in [0, 0.05) is 24.3 Å². The molecule has 0 spiro atoms. The molecule has 9 heteroatoms. The van der Waals surface area contributed by atoms with Crippen molar-refractivity contribution in [1.82, 2.24) is 10.2 Å². The summed E-state index contributed by atoms with van der Waals surface area (Å²) in [4.78, 5) is 12.2. The van der Waals surface area contributed by atoms with E-state index < -0.39 is 9.84 Å². The summed E-state index contributed by atoms with van der Waals surface area (Å²) in [5, 5.41) is 11.3. The van der Waals surface area contributed by atoms with Gasteiger partial charge in [0.2, 0.25) is 11.8 Å². The number of rotatable bonds is 7. The molecule has 2 heterocycles. The molecule has 1 unspecified atom stereocenters. The number of aryl methyl sites for hydroxylation is 2. The maximum atomic E-state index is 12.2. The summed E-state index contributed by atoms with van der Waals surface area (Å²) in [6.07, 6.45) is 4.89. The second kappa shape index (κ2) is 8.24. The van der Waals surface area contributed by atoms with E-state index in [4.69, 9.17) is 4.42 Å². The Bertz CT molecular complexity index is 971. The second-order valence-corrected chi connectivity index (χ2v) is 10.7. The third-order valence-electron chi connectivity index (χ3n) is 5.18. The maximum Gasteiger partial charge on any atom is 0.276 e. The van der Waals surface area contributed by atoms with Crippen LogP contribution < -0.4 is 5.32 Å². The van der Waals surface area contributed by atoms with Gasteiger partial charge in [-0.15, -0.1) is 10.2 Å². The number of thioether (sulfide) groups is 1. The van der Waals surface area contributed by atoms with Crippen LogP contribution in [0.25, 0.3) is 0 Å². The first kappa shape index (κ1) is 19.4. The van der Waals surface area contributed by atoms with Crippen molar-refractivity contribution in [2.45, 2.75) is 43.7 Å². The Hall–Kier alpha value is -1.87. The summed E-state index contributed by atoms with van der Waals surface area (Å²) in [5.74, 6) is 1.46. The molecule has 28 heavy (non-hydrogen) atoms. The highest BCUT2D eigenvalue weighted by Gasteiger charge is 2.29. The molecule has 1 saturated heterocycles. The van der Waals surface area contributed by atoms with Gasteiger partial charge in [-0.1, -0.05) is 17.8 Å². The van der Waals surface area contributed by atoms with Gasteiger partial charge in [0.15, 0.2) is 9.84 Å². The Morgan fingerprint density at radius 2 is 2.11 bits per heavy atom. The van der Waals surface area contributed by atoms with Crippen molar-refractivity contribution < 1.29 is 17.6 Å². The van der Waals surface area contributed by atoms with Crippen molar-refractivity contribution >= 4 is 33.2 Å². The number of hydrogen-bond donors (Lipinski definition) is 1. The van der Waals surface area contributed by atoms with Crippen molar-refractivity contribution in [2.24, 2.45) is 5.92 Å². The summed E-state index contributed by atoms with van der Waals surface area (Å²) < 4.78 is 28.6. The highest BCUT2D eigenvalue weighted by atomic mass is 32.2. The Labute approximate surface area is 168 Å². The molecule has 2 aliphatic rings. The predicted octanol–water partition coefficient (Wildman–Crippen LogP) is 2.66. The summed E-state index contributed by atoms with van der Waals surface area (Å²) in [5.41, 5.74) is 3.57. The molecule has 1 aliphatic heterocycles. The van der Waals surface area contributed by atoms with Crippen molar-refractivity contribution in [3.05, 3.63) is 35.2 Å². The van der Waals surface area contributed by atoms with Gasteiger partial charge in [0.05, 0.1) is 11.5 Å². The molecule has 0 radical (unpaired) electrons. The minimum absolute atomic E-state index is 0.0404. The largest absolute Gasteiger partial charge is 0.416 e. The SMILES string of the molecule is O=C(CCSc1nnc(CC2CCS(=O)(=O)C2)o1)Nc1ccc2c(c1)CCC2. The van der Waals surface area contributed by atoms with E-state index in [0.717, 1.165) is 18.5 Å². The van der Waals surface area contributed by atoms with Crippen LogP contribution in [0.4, 0.5) is 5.69 Å². The van der Waals surface area contributed by atoms with Gasteiger partial charge in [0.1, 0.15) is 0 Å². The Morgan fingerprint density at radius 1 is 1.25 bits per heavy atom. The maximum absolute atomic E-state index is 12.2. The number of nitrogens with one attached hydrogen (secondary N) is 1. The number of carbonyl (C=O) groups excluding carboxylic acids is 1. The summed E-state index contributed by atoms with van der Waals surface area (Å²) in [6.45, 7) is 0. The molecule has 1 amide bonds. The van der Waals surface area contributed by atoms with E-state index in [2.05, 4.69) is 27.6 Å². The van der Waals surface area contributed by atoms with E-state index in [1.807, 2.05) is 6.07 Å². The molecule has 0 bridgehead atoms. The molecular weight excluding hydrogens is 398 g/mol. The fourth-order valence-electron chi connectivity index (χ4n) is 3.76. The van der Waals surface area contributed by atoms with E-state index in [-0.39, 0.29) is 23.3 Å². The fraction of sp³-hybridized carbons (Fsp3) is 0.526. The fourth-order valence-corrected chi connectivity index (χ4v) is 6.34. The van der Waals surface area contributed by atoms with Crippen LogP contribution >= 0.6 is 11.8 Å². The van der Waals surface area contributed by atoms with Crippen molar-refractivity contribution in [3.63, 3.8) is 0 Å². The summed E-state index contributed by atoms with van der Waals surface area (Å²) >= 11 is 1.34. The van der Waals surface area contributed by atoms with Crippen LogP contribution in [0.1, 0.15) is 36.3 Å². The average molecular weight is 422 g/mol. The van der Waals surface area contributed by atoms with Crippen LogP contribution in [0.15, 0.2) is 27.8 Å². The number of nitrogens with zero attached hydrogens (tertiary/aromatic N) is 2. The normalized spacial score (nSPS) is 20.2. The molecule has 1 aromatic heterocycles. The first-order valence-electron chi connectivity index (χ1n) is 9.54. The number of carbonyl (C=O) groups is 1. The lowest BCUT2D eigenvalue weighted by molar-refractivity contribution is -0.115. The molecule has 150 valence electrons. The smallest absolute Gasteiger partial charge is 0.276 e. The van der Waals surface area contributed by atoms with Crippen LogP contribution in [0.2, 0.25) is 0 Å². The highest BCUT2D eigenvalue weighted by molar-refractivity contribution is 7.99. The second-order valence-electron chi connectivity index (χ2n) is 7.42. The van der Waals surface area contributed by atoms with Gasteiger partial charge >= 0.3 is 0 Å². The lowest BCUT2D eigenvalue weighted by Gasteiger charge is -2.07. The lowest BCUT2D eigenvalue weighted by Crippen LogP contribution is -2.12. The van der Waals surface area contributed by atoms with Crippen LogP contribution in [0.5, 0.6) is 0 Å². The van der Waals surface area contributed by atoms with Gasteiger partial charge < -0.3 is 9.73 Å². The first-order chi connectivity index (χ1) is 13.5. The molecule has 2 aromatic rings. The highest BCUT2D eigenvalue weighted by Crippen LogP contribution is 2.26. The minimum atomic E-state index is -2.90. The molecule has 1 aliphatic carbocycles. The monoisotopic (exact) mass is 421 g/mol. The van der Waals surface area contributed by atoms with Gasteiger partial charge in [-0.2, -0.15) is 0 Å². The predicted molar refractivity (Wildman–Crippen MR) is 107 cm³/mol. The zero-order valence-electron chi connectivity index (χ0n) is 15.5. The quantitative estimate of drug-likeness (QED) is 0.686. The number of fused-ring (bicyclic) bond motifs is 1. The van der Waals surface area contributed by atoms with Crippen molar-refractivity contribution in [2.75, 3.05) is 22.6 Å². The molecular formula is C19H23N3O4S2. The standard InChI is InChI=1S/C19H23N3O4S2/c23-17(20-16-5-4-14-2-1-3-15(14)11-16)6-8-27-19-22-21-18(26-19)10-13-7-9-28(24,25)12-13/h4-5,11,13H,1-3,6-10,12H2,(H,20,23). The molecule has 1 fully saturated rings. The topological polar surface area (TPSA) is 102 Å². The number of benzene rings is 1. The minimum Gasteiger partial charge on any atom is -0.416 e. The molecule has 1 aromatic carbocycles. The van der Waals surface area contributed by atoms with E-state index in [9.17, 15) is 13.2 Å². The van der Waals surface area contributed by atoms with Crippen molar-refractivity contribution in [3.8, 4) is 0 Å². The zero-order valence-corrected chi connectivity index (χ0v) is 17.2. The summed E-state index contributed by atoms with van der Waals surface area (Å²) in [6, 6.07) is 6.13. The number of aromatic nitrogens is 2. The van der Waals surface area contributed by atoms with E-state index in [1.54, 1.807) is 0 Å². The number of sulfone groups is 1. The van der Waals surface area contributed by atoms with Gasteiger partial charge in [-0.3, -0.25) is 4.79 Å². The Morgan fingerprint density at radius 3 is 2.93 bits per heavy atom. The van der Waals surface area contributed by atoms with E-state index in [0.29, 0.717) is 36.1 Å². The third-order valence-corrected chi connectivity index (χ3v) is 7.83. The molecule has 4 rings (SSSR count). The average Bonchev–Trinajstić information content (AvgIpc) is 3.35. The molecule has 1 atom stereocenters. The van der Waals surface area contributed by atoms with Crippen LogP contribution in [0.3, 0.4) is 0 Å². The van der Waals surface area contributed by atoms with E-state index in [1.165, 1.54) is 29.3 Å². The van der Waals surface area contributed by atoms with E-state index >= 15 is 0 Å². The molecule has 0 saturated carbocycles. The van der Waals surface area contributed by atoms with Crippen LogP contribution in [-0.2, 0) is 33.9 Å². The number of hydrogen-bond acceptors (Lipinski definition) is 7. The van der Waals surface area contributed by atoms with Gasteiger partial charge in [-0.05, 0) is 54.9 Å².